The maximum absolute atomic E-state index is 10.9. The van der Waals surface area contributed by atoms with Crippen LogP contribution in [0.3, 0.4) is 0 Å². The van der Waals surface area contributed by atoms with Gasteiger partial charge in [-0.2, -0.15) is 0 Å². The third-order valence-electron chi connectivity index (χ3n) is 5.25. The fourth-order valence-electron chi connectivity index (χ4n) is 4.39. The van der Waals surface area contributed by atoms with Crippen LogP contribution in [0, 0.1) is 5.92 Å². The second kappa shape index (κ2) is 7.79. The van der Waals surface area contributed by atoms with Gasteiger partial charge >= 0.3 is 6.09 Å². The van der Waals surface area contributed by atoms with Gasteiger partial charge in [-0.3, -0.25) is 0 Å². The Bertz CT molecular complexity index is 351. The summed E-state index contributed by atoms with van der Waals surface area (Å²) in [5.41, 5.74) is 1.45. The minimum atomic E-state index is -2.01. The van der Waals surface area contributed by atoms with Gasteiger partial charge in [0.1, 0.15) is 0 Å². The zero-order valence-corrected chi connectivity index (χ0v) is 15.8. The maximum atomic E-state index is 10.9. The molecule has 3 N–H and O–H groups in total. The second-order valence-corrected chi connectivity index (χ2v) is 12.9. The normalized spacial score (nSPS) is 26.2. The Morgan fingerprint density at radius 2 is 1.64 bits per heavy atom. The first-order valence-corrected chi connectivity index (χ1v) is 10.6. The summed E-state index contributed by atoms with van der Waals surface area (Å²) in [6, 6.07) is -0.113. The molecule has 0 aromatic rings. The summed E-state index contributed by atoms with van der Waals surface area (Å²) in [5, 5.41) is 21.1. The summed E-state index contributed by atoms with van der Waals surface area (Å²) in [4.78, 5) is 10.9. The van der Waals surface area contributed by atoms with Crippen molar-refractivity contribution in [1.82, 2.24) is 5.32 Å². The highest BCUT2D eigenvalue weighted by Crippen LogP contribution is 2.45. The number of aliphatic hydroxyl groups is 1. The van der Waals surface area contributed by atoms with Gasteiger partial charge in [-0.25, -0.2) is 4.79 Å². The number of rotatable bonds is 7. The number of carbonyl (C=O) groups is 1. The SMILES string of the molecule is CC(C)[Si](O[C@H]1C[C@H](NC(=O)O)C[C@@H]1CO)(C(C)C)C(C)C. The van der Waals surface area contributed by atoms with Crippen LogP contribution in [-0.4, -0.2) is 43.4 Å². The van der Waals surface area contributed by atoms with Crippen LogP contribution in [0.5, 0.6) is 0 Å². The molecule has 5 nitrogen and oxygen atoms in total. The lowest BCUT2D eigenvalue weighted by atomic mass is 10.1. The van der Waals surface area contributed by atoms with E-state index < -0.39 is 14.4 Å². The van der Waals surface area contributed by atoms with Crippen molar-refractivity contribution in [2.75, 3.05) is 6.61 Å². The zero-order chi connectivity index (χ0) is 17.1. The van der Waals surface area contributed by atoms with Crippen LogP contribution in [0.15, 0.2) is 0 Å². The molecule has 0 unspecified atom stereocenters. The fraction of sp³-hybridized carbons (Fsp3) is 0.938. The molecule has 0 saturated heterocycles. The van der Waals surface area contributed by atoms with Gasteiger partial charge in [0.2, 0.25) is 8.32 Å². The minimum Gasteiger partial charge on any atom is -0.465 e. The van der Waals surface area contributed by atoms with Gasteiger partial charge in [-0.1, -0.05) is 41.5 Å². The molecule has 1 aliphatic carbocycles. The molecule has 130 valence electrons. The second-order valence-electron chi connectivity index (χ2n) is 7.53. The third kappa shape index (κ3) is 4.03. The van der Waals surface area contributed by atoms with Crippen molar-refractivity contribution in [1.29, 1.82) is 0 Å². The zero-order valence-electron chi connectivity index (χ0n) is 14.8. The fourth-order valence-corrected chi connectivity index (χ4v) is 10.0. The number of carboxylic acid groups (broad SMARTS) is 1. The van der Waals surface area contributed by atoms with Gasteiger partial charge in [-0.15, -0.1) is 0 Å². The quantitative estimate of drug-likeness (QED) is 0.623. The van der Waals surface area contributed by atoms with E-state index in [9.17, 15) is 9.90 Å². The van der Waals surface area contributed by atoms with E-state index in [1.165, 1.54) is 0 Å². The van der Waals surface area contributed by atoms with E-state index in [2.05, 4.69) is 46.9 Å². The molecule has 0 spiro atoms. The van der Waals surface area contributed by atoms with E-state index in [4.69, 9.17) is 9.53 Å². The van der Waals surface area contributed by atoms with E-state index in [0.717, 1.165) is 0 Å². The Morgan fingerprint density at radius 1 is 1.14 bits per heavy atom. The monoisotopic (exact) mass is 331 g/mol. The van der Waals surface area contributed by atoms with Gasteiger partial charge in [0.15, 0.2) is 0 Å². The Kier molecular flexibility index (Phi) is 6.89. The summed E-state index contributed by atoms with van der Waals surface area (Å²) in [6.07, 6.45) is 0.285. The Hall–Kier alpha value is -0.593. The molecule has 0 aromatic carbocycles. The smallest absolute Gasteiger partial charge is 0.404 e. The van der Waals surface area contributed by atoms with Gasteiger partial charge in [0, 0.05) is 18.6 Å². The molecule has 0 aromatic heterocycles. The lowest BCUT2D eigenvalue weighted by Crippen LogP contribution is -2.51. The molecule has 3 atom stereocenters. The van der Waals surface area contributed by atoms with Crippen LogP contribution in [-0.2, 0) is 4.43 Å². The van der Waals surface area contributed by atoms with E-state index in [-0.39, 0.29) is 24.7 Å². The number of hydrogen-bond acceptors (Lipinski definition) is 3. The molecule has 22 heavy (non-hydrogen) atoms. The largest absolute Gasteiger partial charge is 0.465 e. The first-order valence-electron chi connectivity index (χ1n) is 8.43. The summed E-state index contributed by atoms with van der Waals surface area (Å²) < 4.78 is 6.74. The van der Waals surface area contributed by atoms with E-state index >= 15 is 0 Å². The highest BCUT2D eigenvalue weighted by Gasteiger charge is 2.49. The lowest BCUT2D eigenvalue weighted by molar-refractivity contribution is 0.0941. The standard InChI is InChI=1S/C16H33NO4Si/c1-10(2)22(11(3)4,12(5)6)21-15-8-14(17-16(19)20)7-13(15)9-18/h10-15,17-18H,7-9H2,1-6H3,(H,19,20)/t13-,14-,15+/m1/s1. The van der Waals surface area contributed by atoms with Gasteiger partial charge in [0.25, 0.3) is 0 Å². The molecular weight excluding hydrogens is 298 g/mol. The first kappa shape index (κ1) is 19.5. The topological polar surface area (TPSA) is 78.8 Å². The van der Waals surface area contributed by atoms with E-state index in [1.54, 1.807) is 0 Å². The van der Waals surface area contributed by atoms with Crippen LogP contribution in [0.25, 0.3) is 0 Å². The average molecular weight is 332 g/mol. The molecule has 1 fully saturated rings. The Balaban J connectivity index is 2.94. The van der Waals surface area contributed by atoms with Crippen LogP contribution in [0.1, 0.15) is 54.4 Å². The molecule has 6 heteroatoms. The molecule has 1 rings (SSSR count). The van der Waals surface area contributed by atoms with E-state index in [0.29, 0.717) is 29.5 Å². The predicted octanol–water partition coefficient (Wildman–Crippen LogP) is 3.59. The van der Waals surface area contributed by atoms with Crippen molar-refractivity contribution >= 4 is 14.4 Å². The van der Waals surface area contributed by atoms with Gasteiger partial charge in [-0.05, 0) is 29.5 Å². The average Bonchev–Trinajstić information content (AvgIpc) is 2.75. The summed E-state index contributed by atoms with van der Waals surface area (Å²) in [5.74, 6) is 0.0278. The minimum absolute atomic E-state index is 0.0278. The van der Waals surface area contributed by atoms with Crippen molar-refractivity contribution in [2.24, 2.45) is 5.92 Å². The predicted molar refractivity (Wildman–Crippen MR) is 90.7 cm³/mol. The Morgan fingerprint density at radius 3 is 2.00 bits per heavy atom. The number of hydrogen-bond donors (Lipinski definition) is 3. The highest BCUT2D eigenvalue weighted by molar-refractivity contribution is 6.77. The molecular formula is C16H33NO4Si. The molecule has 1 saturated carbocycles. The number of nitrogens with one attached hydrogen (secondary N) is 1. The Labute approximate surface area is 135 Å². The first-order chi connectivity index (χ1) is 10.1. The number of amides is 1. The summed E-state index contributed by atoms with van der Waals surface area (Å²) >= 11 is 0. The highest BCUT2D eigenvalue weighted by atomic mass is 28.4. The molecule has 1 amide bonds. The summed E-state index contributed by atoms with van der Waals surface area (Å²) in [6.45, 7) is 13.5. The maximum Gasteiger partial charge on any atom is 0.404 e. The van der Waals surface area contributed by atoms with Crippen molar-refractivity contribution in [3.63, 3.8) is 0 Å². The summed E-state index contributed by atoms with van der Waals surface area (Å²) in [7, 11) is -2.01. The molecule has 0 bridgehead atoms. The number of aliphatic hydroxyl groups excluding tert-OH is 1. The van der Waals surface area contributed by atoms with Gasteiger partial charge < -0.3 is 20.0 Å². The van der Waals surface area contributed by atoms with Crippen LogP contribution in [0.4, 0.5) is 4.79 Å². The van der Waals surface area contributed by atoms with Crippen molar-refractivity contribution in [2.45, 2.75) is 83.2 Å². The van der Waals surface area contributed by atoms with E-state index in [1.807, 2.05) is 0 Å². The van der Waals surface area contributed by atoms with Crippen LogP contribution in [0.2, 0.25) is 16.6 Å². The van der Waals surface area contributed by atoms with Crippen LogP contribution < -0.4 is 5.32 Å². The van der Waals surface area contributed by atoms with Crippen LogP contribution >= 0.6 is 0 Å². The molecule has 1 aliphatic rings. The lowest BCUT2D eigenvalue weighted by Gasteiger charge is -2.45. The molecule has 0 aliphatic heterocycles. The van der Waals surface area contributed by atoms with Crippen molar-refractivity contribution in [3.05, 3.63) is 0 Å². The van der Waals surface area contributed by atoms with Crippen molar-refractivity contribution < 1.29 is 19.4 Å². The third-order valence-corrected chi connectivity index (χ3v) is 11.4. The van der Waals surface area contributed by atoms with Crippen molar-refractivity contribution in [3.8, 4) is 0 Å². The van der Waals surface area contributed by atoms with Gasteiger partial charge in [0.05, 0.1) is 6.10 Å². The molecule has 0 heterocycles. The molecule has 0 radical (unpaired) electrons.